The molecule has 1 aromatic heterocycles. The van der Waals surface area contributed by atoms with Crippen LogP contribution in [0.4, 0.5) is 8.78 Å². The molecule has 1 heterocycles. The Morgan fingerprint density at radius 3 is 2.17 bits per heavy atom. The summed E-state index contributed by atoms with van der Waals surface area (Å²) >= 11 is 0. The summed E-state index contributed by atoms with van der Waals surface area (Å²) in [4.78, 5) is 19.4. The van der Waals surface area contributed by atoms with E-state index in [0.717, 1.165) is 0 Å². The molecular formula is C12H14F2N2O2. The van der Waals surface area contributed by atoms with Crippen LogP contribution in [0.3, 0.4) is 0 Å². The van der Waals surface area contributed by atoms with Crippen molar-refractivity contribution in [2.75, 3.05) is 0 Å². The summed E-state index contributed by atoms with van der Waals surface area (Å²) in [5.41, 5.74) is -0.855. The third-order valence-electron chi connectivity index (χ3n) is 3.58. The Kier molecular flexibility index (Phi) is 3.04. The van der Waals surface area contributed by atoms with Gasteiger partial charge in [-0.2, -0.15) is 0 Å². The van der Waals surface area contributed by atoms with E-state index in [0.29, 0.717) is 11.4 Å². The van der Waals surface area contributed by atoms with Crippen molar-refractivity contribution < 1.29 is 18.7 Å². The molecule has 1 aliphatic carbocycles. The predicted molar refractivity (Wildman–Crippen MR) is 59.5 cm³/mol. The zero-order valence-corrected chi connectivity index (χ0v) is 9.99. The fourth-order valence-corrected chi connectivity index (χ4v) is 2.31. The number of hydrogen-bond donors (Lipinski definition) is 1. The summed E-state index contributed by atoms with van der Waals surface area (Å²) in [6, 6.07) is 0. The van der Waals surface area contributed by atoms with Gasteiger partial charge in [0.2, 0.25) is 5.92 Å². The zero-order chi connectivity index (χ0) is 13.4. The first-order valence-electron chi connectivity index (χ1n) is 5.76. The molecule has 0 spiro atoms. The molecule has 1 fully saturated rings. The molecule has 2 rings (SSSR count). The van der Waals surface area contributed by atoms with Crippen LogP contribution in [0, 0.1) is 6.92 Å². The van der Waals surface area contributed by atoms with E-state index < -0.39 is 30.1 Å². The van der Waals surface area contributed by atoms with Gasteiger partial charge in [0, 0.05) is 30.8 Å². The van der Waals surface area contributed by atoms with Crippen molar-refractivity contribution >= 4 is 5.97 Å². The monoisotopic (exact) mass is 256 g/mol. The minimum atomic E-state index is -2.76. The van der Waals surface area contributed by atoms with Crippen molar-refractivity contribution in [3.05, 3.63) is 23.8 Å². The van der Waals surface area contributed by atoms with E-state index >= 15 is 0 Å². The normalized spacial score (nSPS) is 21.5. The molecule has 4 nitrogen and oxygen atoms in total. The van der Waals surface area contributed by atoms with E-state index in [9.17, 15) is 18.7 Å². The van der Waals surface area contributed by atoms with Gasteiger partial charge in [-0.15, -0.1) is 0 Å². The lowest BCUT2D eigenvalue weighted by molar-refractivity contribution is -0.149. The maximum Gasteiger partial charge on any atom is 0.314 e. The highest BCUT2D eigenvalue weighted by Gasteiger charge is 2.49. The van der Waals surface area contributed by atoms with Crippen LogP contribution < -0.4 is 0 Å². The van der Waals surface area contributed by atoms with Crippen LogP contribution in [0.15, 0.2) is 12.4 Å². The number of carboxylic acids is 1. The van der Waals surface area contributed by atoms with Crippen molar-refractivity contribution in [3.8, 4) is 0 Å². The van der Waals surface area contributed by atoms with Crippen molar-refractivity contribution in [1.82, 2.24) is 9.97 Å². The van der Waals surface area contributed by atoms with Gasteiger partial charge in [-0.05, 0) is 19.8 Å². The Hall–Kier alpha value is -1.59. The number of carbonyl (C=O) groups is 1. The number of aryl methyl sites for hydroxylation is 1. The highest BCUT2D eigenvalue weighted by molar-refractivity contribution is 5.81. The molecule has 1 aliphatic rings. The van der Waals surface area contributed by atoms with Crippen molar-refractivity contribution in [2.24, 2.45) is 0 Å². The fourth-order valence-electron chi connectivity index (χ4n) is 2.31. The Morgan fingerprint density at radius 1 is 1.22 bits per heavy atom. The molecule has 6 heteroatoms. The third kappa shape index (κ3) is 2.19. The number of aliphatic carboxylic acids is 1. The maximum atomic E-state index is 13.2. The molecule has 1 N–H and O–H groups in total. The van der Waals surface area contributed by atoms with E-state index in [1.54, 1.807) is 6.92 Å². The second kappa shape index (κ2) is 4.26. The first-order valence-corrected chi connectivity index (χ1v) is 5.76. The van der Waals surface area contributed by atoms with Gasteiger partial charge in [-0.25, -0.2) is 18.7 Å². The molecule has 0 amide bonds. The predicted octanol–water partition coefficient (Wildman–Crippen LogP) is 2.32. The zero-order valence-electron chi connectivity index (χ0n) is 9.99. The summed E-state index contributed by atoms with van der Waals surface area (Å²) in [5, 5.41) is 9.38. The summed E-state index contributed by atoms with van der Waals surface area (Å²) in [5.74, 6) is -3.31. The van der Waals surface area contributed by atoms with E-state index in [1.807, 2.05) is 0 Å². The largest absolute Gasteiger partial charge is 0.481 e. The lowest BCUT2D eigenvalue weighted by atomic mass is 9.69. The molecule has 0 aliphatic heterocycles. The topological polar surface area (TPSA) is 63.1 Å². The molecule has 0 radical (unpaired) electrons. The van der Waals surface area contributed by atoms with E-state index in [1.165, 1.54) is 12.4 Å². The van der Waals surface area contributed by atoms with Gasteiger partial charge in [0.25, 0.3) is 0 Å². The smallest absolute Gasteiger partial charge is 0.314 e. The second-order valence-electron chi connectivity index (χ2n) is 4.76. The van der Waals surface area contributed by atoms with Crippen LogP contribution in [-0.2, 0) is 10.2 Å². The van der Waals surface area contributed by atoms with Crippen molar-refractivity contribution in [3.63, 3.8) is 0 Å². The third-order valence-corrected chi connectivity index (χ3v) is 3.58. The maximum absolute atomic E-state index is 13.2. The molecular weight excluding hydrogens is 242 g/mol. The average Bonchev–Trinajstić information content (AvgIpc) is 2.30. The fraction of sp³-hybridized carbons (Fsp3) is 0.583. The van der Waals surface area contributed by atoms with Gasteiger partial charge in [0.15, 0.2) is 0 Å². The molecule has 98 valence electrons. The highest BCUT2D eigenvalue weighted by Crippen LogP contribution is 2.45. The lowest BCUT2D eigenvalue weighted by Crippen LogP contribution is -2.42. The SMILES string of the molecule is Cc1ncc(C2(C(=O)O)CCC(F)(F)CC2)cn1. The number of aromatic nitrogens is 2. The van der Waals surface area contributed by atoms with Gasteiger partial charge in [0.1, 0.15) is 5.82 Å². The summed E-state index contributed by atoms with van der Waals surface area (Å²) in [7, 11) is 0. The summed E-state index contributed by atoms with van der Waals surface area (Å²) in [6.45, 7) is 1.69. The number of alkyl halides is 2. The Morgan fingerprint density at radius 2 is 1.72 bits per heavy atom. The van der Waals surface area contributed by atoms with Gasteiger partial charge in [-0.3, -0.25) is 4.79 Å². The molecule has 1 aromatic rings. The van der Waals surface area contributed by atoms with Crippen LogP contribution in [-0.4, -0.2) is 27.0 Å². The average molecular weight is 256 g/mol. The first kappa shape index (κ1) is 12.9. The van der Waals surface area contributed by atoms with Gasteiger partial charge in [-0.1, -0.05) is 0 Å². The van der Waals surface area contributed by atoms with Crippen LogP contribution >= 0.6 is 0 Å². The van der Waals surface area contributed by atoms with Crippen LogP contribution in [0.5, 0.6) is 0 Å². The number of carboxylic acid groups (broad SMARTS) is 1. The molecule has 0 unspecified atom stereocenters. The Balaban J connectivity index is 2.34. The van der Waals surface area contributed by atoms with Gasteiger partial charge >= 0.3 is 5.97 Å². The highest BCUT2D eigenvalue weighted by atomic mass is 19.3. The van der Waals surface area contributed by atoms with Gasteiger partial charge < -0.3 is 5.11 Å². The summed E-state index contributed by atoms with van der Waals surface area (Å²) < 4.78 is 26.3. The van der Waals surface area contributed by atoms with E-state index in [-0.39, 0.29) is 12.8 Å². The number of rotatable bonds is 2. The summed E-state index contributed by atoms with van der Waals surface area (Å²) in [6.07, 6.45) is 1.88. The molecule has 0 atom stereocenters. The standard InChI is InChI=1S/C12H14F2N2O2/c1-8-15-6-9(7-16-8)11(10(17)18)2-4-12(13,14)5-3-11/h6-7H,2-5H2,1H3,(H,17,18). The Bertz CT molecular complexity index is 450. The molecule has 18 heavy (non-hydrogen) atoms. The van der Waals surface area contributed by atoms with E-state index in [4.69, 9.17) is 0 Å². The van der Waals surface area contributed by atoms with Crippen LogP contribution in [0.2, 0.25) is 0 Å². The first-order chi connectivity index (χ1) is 8.36. The number of hydrogen-bond acceptors (Lipinski definition) is 3. The lowest BCUT2D eigenvalue weighted by Gasteiger charge is -2.36. The van der Waals surface area contributed by atoms with Crippen LogP contribution in [0.25, 0.3) is 0 Å². The number of nitrogens with zero attached hydrogens (tertiary/aromatic N) is 2. The van der Waals surface area contributed by atoms with Crippen molar-refractivity contribution in [2.45, 2.75) is 43.9 Å². The minimum absolute atomic E-state index is 0.0816. The quantitative estimate of drug-likeness (QED) is 0.882. The molecule has 0 saturated heterocycles. The van der Waals surface area contributed by atoms with Crippen molar-refractivity contribution in [1.29, 1.82) is 0 Å². The number of halogens is 2. The van der Waals surface area contributed by atoms with E-state index in [2.05, 4.69) is 9.97 Å². The Labute approximate surface area is 103 Å². The second-order valence-corrected chi connectivity index (χ2v) is 4.76. The van der Waals surface area contributed by atoms with Crippen LogP contribution in [0.1, 0.15) is 37.1 Å². The molecule has 1 saturated carbocycles. The minimum Gasteiger partial charge on any atom is -0.481 e. The molecule has 0 bridgehead atoms. The molecule has 0 aromatic carbocycles. The van der Waals surface area contributed by atoms with Gasteiger partial charge in [0.05, 0.1) is 5.41 Å².